The van der Waals surface area contributed by atoms with Crippen molar-refractivity contribution in [2.45, 2.75) is 39.0 Å². The number of unbranched alkanes of at least 4 members (excludes halogenated alkanes) is 1. The zero-order valence-corrected chi connectivity index (χ0v) is 16.0. The Bertz CT molecular complexity index is 970. The summed E-state index contributed by atoms with van der Waals surface area (Å²) in [5.41, 5.74) is 2.15. The van der Waals surface area contributed by atoms with Crippen molar-refractivity contribution < 1.29 is 22.0 Å². The molecule has 5 heteroatoms. The molecule has 0 amide bonds. The van der Waals surface area contributed by atoms with Crippen molar-refractivity contribution in [2.24, 2.45) is 0 Å². The summed E-state index contributed by atoms with van der Waals surface area (Å²) in [5.74, 6) is -6.09. The summed E-state index contributed by atoms with van der Waals surface area (Å²) in [4.78, 5) is 0. The van der Waals surface area contributed by atoms with Crippen LogP contribution in [-0.4, -0.2) is 0 Å². The van der Waals surface area contributed by atoms with Crippen LogP contribution in [-0.2, 0) is 19.3 Å². The molecule has 29 heavy (non-hydrogen) atoms. The SMILES string of the molecule is CCCCc1ccc(-c2ccc(CCc3cc(F)c(F)c(F)c3)c(F)c2F)cc1. The molecule has 3 aromatic rings. The zero-order chi connectivity index (χ0) is 21.0. The molecule has 3 aromatic carbocycles. The molecule has 0 N–H and O–H groups in total. The smallest absolute Gasteiger partial charge is 0.194 e. The van der Waals surface area contributed by atoms with Gasteiger partial charge in [-0.3, -0.25) is 0 Å². The summed E-state index contributed by atoms with van der Waals surface area (Å²) in [6, 6.07) is 12.1. The van der Waals surface area contributed by atoms with Crippen molar-refractivity contribution in [3.05, 3.63) is 94.3 Å². The first-order chi connectivity index (χ1) is 13.9. The molecular weight excluding hydrogens is 383 g/mol. The molecule has 0 aliphatic rings. The highest BCUT2D eigenvalue weighted by molar-refractivity contribution is 5.65. The molecule has 0 spiro atoms. The second kappa shape index (κ2) is 9.21. The van der Waals surface area contributed by atoms with E-state index in [1.54, 1.807) is 12.1 Å². The molecule has 0 aromatic heterocycles. The molecule has 0 radical (unpaired) electrons. The summed E-state index contributed by atoms with van der Waals surface area (Å²) in [6.45, 7) is 2.11. The fourth-order valence-electron chi connectivity index (χ4n) is 3.27. The van der Waals surface area contributed by atoms with E-state index in [4.69, 9.17) is 0 Å². The van der Waals surface area contributed by atoms with Crippen molar-refractivity contribution in [3.63, 3.8) is 0 Å². The topological polar surface area (TPSA) is 0 Å². The third-order valence-corrected chi connectivity index (χ3v) is 4.97. The number of halogens is 5. The van der Waals surface area contributed by atoms with Gasteiger partial charge in [0.25, 0.3) is 0 Å². The molecule has 0 unspecified atom stereocenters. The van der Waals surface area contributed by atoms with E-state index in [1.165, 1.54) is 12.1 Å². The molecule has 0 saturated heterocycles. The molecule has 0 atom stereocenters. The Kier molecular flexibility index (Phi) is 6.68. The number of rotatable bonds is 7. The van der Waals surface area contributed by atoms with E-state index in [1.807, 2.05) is 12.1 Å². The lowest BCUT2D eigenvalue weighted by Gasteiger charge is -2.10. The lowest BCUT2D eigenvalue weighted by molar-refractivity contribution is 0.445. The number of hydrogen-bond donors (Lipinski definition) is 0. The normalized spacial score (nSPS) is 11.1. The fourth-order valence-corrected chi connectivity index (χ4v) is 3.27. The average molecular weight is 404 g/mol. The highest BCUT2D eigenvalue weighted by Gasteiger charge is 2.16. The number of hydrogen-bond acceptors (Lipinski definition) is 0. The Balaban J connectivity index is 1.77. The molecule has 152 valence electrons. The molecule has 0 aliphatic heterocycles. The van der Waals surface area contributed by atoms with Crippen LogP contribution in [0, 0.1) is 29.1 Å². The van der Waals surface area contributed by atoms with Gasteiger partial charge in [-0.2, -0.15) is 0 Å². The first-order valence-corrected chi connectivity index (χ1v) is 9.60. The number of aryl methyl sites for hydroxylation is 3. The molecular formula is C24H21F5. The minimum Gasteiger partial charge on any atom is -0.204 e. The van der Waals surface area contributed by atoms with Crippen molar-refractivity contribution >= 4 is 0 Å². The fraction of sp³-hybridized carbons (Fsp3) is 0.250. The van der Waals surface area contributed by atoms with Gasteiger partial charge in [-0.15, -0.1) is 0 Å². The molecule has 0 bridgehead atoms. The van der Waals surface area contributed by atoms with E-state index >= 15 is 0 Å². The van der Waals surface area contributed by atoms with Gasteiger partial charge in [0.2, 0.25) is 0 Å². The van der Waals surface area contributed by atoms with Crippen molar-refractivity contribution in [2.75, 3.05) is 0 Å². The predicted molar refractivity (Wildman–Crippen MR) is 104 cm³/mol. The zero-order valence-electron chi connectivity index (χ0n) is 16.0. The first kappa shape index (κ1) is 21.0. The molecule has 0 aliphatic carbocycles. The predicted octanol–water partition coefficient (Wildman–Crippen LogP) is 7.18. The summed E-state index contributed by atoms with van der Waals surface area (Å²) in [6.07, 6.45) is 3.18. The van der Waals surface area contributed by atoms with E-state index in [-0.39, 0.29) is 29.5 Å². The van der Waals surface area contributed by atoms with Crippen LogP contribution in [0.25, 0.3) is 11.1 Å². The van der Waals surface area contributed by atoms with Crippen LogP contribution < -0.4 is 0 Å². The van der Waals surface area contributed by atoms with Crippen LogP contribution in [0.15, 0.2) is 48.5 Å². The lowest BCUT2D eigenvalue weighted by atomic mass is 9.97. The van der Waals surface area contributed by atoms with Gasteiger partial charge in [0.05, 0.1) is 0 Å². The molecule has 0 fully saturated rings. The minimum atomic E-state index is -1.55. The molecule has 0 saturated carbocycles. The van der Waals surface area contributed by atoms with Crippen LogP contribution in [0.2, 0.25) is 0 Å². The Morgan fingerprint density at radius 1 is 0.621 bits per heavy atom. The van der Waals surface area contributed by atoms with Gasteiger partial charge in [0.1, 0.15) is 0 Å². The van der Waals surface area contributed by atoms with E-state index in [9.17, 15) is 22.0 Å². The van der Waals surface area contributed by atoms with Gasteiger partial charge < -0.3 is 0 Å². The summed E-state index contributed by atoms with van der Waals surface area (Å²) >= 11 is 0. The minimum absolute atomic E-state index is 0.0313. The lowest BCUT2D eigenvalue weighted by Crippen LogP contribution is -2.01. The van der Waals surface area contributed by atoms with Crippen molar-refractivity contribution in [1.82, 2.24) is 0 Å². The van der Waals surface area contributed by atoms with Gasteiger partial charge in [0.15, 0.2) is 29.1 Å². The Hall–Kier alpha value is -2.69. The molecule has 0 nitrogen and oxygen atoms in total. The highest BCUT2D eigenvalue weighted by Crippen LogP contribution is 2.28. The van der Waals surface area contributed by atoms with Crippen molar-refractivity contribution in [1.29, 1.82) is 0 Å². The average Bonchev–Trinajstić information content (AvgIpc) is 2.72. The maximum Gasteiger partial charge on any atom is 0.194 e. The molecule has 3 rings (SSSR count). The van der Waals surface area contributed by atoms with E-state index < -0.39 is 29.1 Å². The van der Waals surface area contributed by atoms with Crippen LogP contribution in [0.1, 0.15) is 36.5 Å². The third kappa shape index (κ3) is 4.84. The van der Waals surface area contributed by atoms with Crippen LogP contribution in [0.4, 0.5) is 22.0 Å². The maximum absolute atomic E-state index is 14.6. The Labute approximate surface area is 167 Å². The standard InChI is InChI=1S/C24H21F5/c1-2-3-4-15-5-8-17(9-6-15)19-12-11-18(22(27)23(19)28)10-7-16-13-20(25)24(29)21(26)14-16/h5-6,8-9,11-14H,2-4,7,10H2,1H3. The summed E-state index contributed by atoms with van der Waals surface area (Å²) < 4.78 is 68.8. The van der Waals surface area contributed by atoms with Crippen LogP contribution in [0.5, 0.6) is 0 Å². The Morgan fingerprint density at radius 3 is 1.90 bits per heavy atom. The Morgan fingerprint density at radius 2 is 1.28 bits per heavy atom. The number of benzene rings is 3. The summed E-state index contributed by atoms with van der Waals surface area (Å²) in [5, 5.41) is 0. The van der Waals surface area contributed by atoms with Gasteiger partial charge in [0, 0.05) is 5.56 Å². The van der Waals surface area contributed by atoms with Gasteiger partial charge >= 0.3 is 0 Å². The summed E-state index contributed by atoms with van der Waals surface area (Å²) in [7, 11) is 0. The highest BCUT2D eigenvalue weighted by atomic mass is 19.2. The van der Waals surface area contributed by atoms with Crippen LogP contribution >= 0.6 is 0 Å². The van der Waals surface area contributed by atoms with E-state index in [0.717, 1.165) is 37.0 Å². The molecule has 0 heterocycles. The maximum atomic E-state index is 14.6. The second-order valence-corrected chi connectivity index (χ2v) is 7.07. The monoisotopic (exact) mass is 404 g/mol. The van der Waals surface area contributed by atoms with Crippen LogP contribution in [0.3, 0.4) is 0 Å². The van der Waals surface area contributed by atoms with Gasteiger partial charge in [-0.25, -0.2) is 22.0 Å². The van der Waals surface area contributed by atoms with Gasteiger partial charge in [-0.05, 0) is 60.1 Å². The second-order valence-electron chi connectivity index (χ2n) is 7.07. The van der Waals surface area contributed by atoms with Crippen molar-refractivity contribution in [3.8, 4) is 11.1 Å². The largest absolute Gasteiger partial charge is 0.204 e. The van der Waals surface area contributed by atoms with E-state index in [0.29, 0.717) is 5.56 Å². The third-order valence-electron chi connectivity index (χ3n) is 4.97. The quantitative estimate of drug-likeness (QED) is 0.289. The first-order valence-electron chi connectivity index (χ1n) is 9.60. The van der Waals surface area contributed by atoms with E-state index in [2.05, 4.69) is 6.92 Å². The van der Waals surface area contributed by atoms with Gasteiger partial charge in [-0.1, -0.05) is 49.7 Å².